The Morgan fingerprint density at radius 2 is 1.61 bits per heavy atom. The number of aromatic hydroxyl groups is 1. The maximum Gasteiger partial charge on any atom is 0.326 e. The van der Waals surface area contributed by atoms with E-state index in [4.69, 9.17) is 4.74 Å². The SMILES string of the molecule is CCCCC1(CCCC)CC(c2ccccc2)c2cc(SC)c(OCC(=O)N[C@@H](C(=O)N[C@@H](CC)C(=O)O)c3ccc(O)cc3)cc2S(=O)(=O)C1. The van der Waals surface area contributed by atoms with Crippen LogP contribution in [0.1, 0.15) is 101 Å². The molecule has 3 aromatic carbocycles. The van der Waals surface area contributed by atoms with Gasteiger partial charge in [0.1, 0.15) is 23.6 Å². The Morgan fingerprint density at radius 1 is 0.961 bits per heavy atom. The fourth-order valence-corrected chi connectivity index (χ4v) is 9.70. The fourth-order valence-electron chi connectivity index (χ4n) is 6.92. The minimum atomic E-state index is -3.78. The van der Waals surface area contributed by atoms with Gasteiger partial charge < -0.3 is 25.6 Å². The first-order chi connectivity index (χ1) is 24.4. The number of carboxylic acids is 1. The monoisotopic (exact) mass is 738 g/mol. The molecule has 51 heavy (non-hydrogen) atoms. The predicted molar refractivity (Wildman–Crippen MR) is 199 cm³/mol. The fraction of sp³-hybridized carbons (Fsp3) is 0.462. The van der Waals surface area contributed by atoms with Crippen LogP contribution in [0, 0.1) is 5.41 Å². The van der Waals surface area contributed by atoms with Gasteiger partial charge in [0.05, 0.1) is 10.6 Å². The van der Waals surface area contributed by atoms with Crippen LogP contribution in [0.4, 0.5) is 0 Å². The smallest absolute Gasteiger partial charge is 0.326 e. The van der Waals surface area contributed by atoms with Gasteiger partial charge in [0, 0.05) is 16.9 Å². The molecule has 3 aromatic rings. The molecule has 1 unspecified atom stereocenters. The van der Waals surface area contributed by atoms with Crippen LogP contribution in [0.3, 0.4) is 0 Å². The number of sulfone groups is 1. The molecule has 4 rings (SSSR count). The molecule has 1 heterocycles. The summed E-state index contributed by atoms with van der Waals surface area (Å²) in [4.78, 5) is 39.1. The first-order valence-corrected chi connectivity index (χ1v) is 20.5. The van der Waals surface area contributed by atoms with Crippen LogP contribution in [0.5, 0.6) is 11.5 Å². The molecule has 10 nitrogen and oxygen atoms in total. The summed E-state index contributed by atoms with van der Waals surface area (Å²) in [6, 6.07) is 16.7. The molecular weight excluding hydrogens is 689 g/mol. The molecule has 0 radical (unpaired) electrons. The second-order valence-corrected chi connectivity index (χ2v) is 16.2. The van der Waals surface area contributed by atoms with Crippen molar-refractivity contribution in [2.45, 2.75) is 99.9 Å². The Labute approximate surface area is 305 Å². The van der Waals surface area contributed by atoms with Crippen molar-refractivity contribution in [1.82, 2.24) is 10.6 Å². The molecule has 3 atom stereocenters. The third kappa shape index (κ3) is 10.1. The summed E-state index contributed by atoms with van der Waals surface area (Å²) in [6.45, 7) is 5.33. The molecule has 0 fully saturated rings. The van der Waals surface area contributed by atoms with E-state index in [1.807, 2.05) is 30.5 Å². The topological polar surface area (TPSA) is 159 Å². The van der Waals surface area contributed by atoms with Crippen LogP contribution in [-0.4, -0.2) is 61.1 Å². The summed E-state index contributed by atoms with van der Waals surface area (Å²) in [6.07, 6.45) is 8.17. The number of hydrogen-bond acceptors (Lipinski definition) is 8. The number of thioether (sulfide) groups is 1. The minimum absolute atomic E-state index is 0.0351. The molecule has 12 heteroatoms. The van der Waals surface area contributed by atoms with Crippen LogP contribution < -0.4 is 15.4 Å². The number of carbonyl (C=O) groups is 3. The van der Waals surface area contributed by atoms with Crippen molar-refractivity contribution in [2.75, 3.05) is 18.6 Å². The number of aliphatic carboxylic acids is 1. The number of benzene rings is 3. The van der Waals surface area contributed by atoms with Crippen LogP contribution >= 0.6 is 11.8 Å². The zero-order valence-corrected chi connectivity index (χ0v) is 31.4. The van der Waals surface area contributed by atoms with E-state index in [1.165, 1.54) is 36.0 Å². The largest absolute Gasteiger partial charge is 0.508 e. The summed E-state index contributed by atoms with van der Waals surface area (Å²) in [5.74, 6) is -2.57. The third-order valence-corrected chi connectivity index (χ3v) is 12.4. The lowest BCUT2D eigenvalue weighted by atomic mass is 9.70. The first kappa shape index (κ1) is 39.8. The number of rotatable bonds is 17. The number of hydrogen-bond donors (Lipinski definition) is 4. The van der Waals surface area contributed by atoms with Gasteiger partial charge >= 0.3 is 5.97 Å². The zero-order valence-electron chi connectivity index (χ0n) is 29.8. The second-order valence-electron chi connectivity index (χ2n) is 13.4. The number of phenols is 1. The maximum atomic E-state index is 14.4. The highest BCUT2D eigenvalue weighted by molar-refractivity contribution is 7.98. The summed E-state index contributed by atoms with van der Waals surface area (Å²) in [5.41, 5.74) is 1.71. The van der Waals surface area contributed by atoms with Crippen molar-refractivity contribution in [3.8, 4) is 11.5 Å². The number of unbranched alkanes of at least 4 members (excludes halogenated alkanes) is 2. The van der Waals surface area contributed by atoms with Crippen molar-refractivity contribution in [2.24, 2.45) is 5.41 Å². The summed E-state index contributed by atoms with van der Waals surface area (Å²) >= 11 is 1.39. The van der Waals surface area contributed by atoms with Crippen molar-refractivity contribution in [3.05, 3.63) is 83.4 Å². The Bertz CT molecular complexity index is 1760. The third-order valence-electron chi connectivity index (χ3n) is 9.64. The van der Waals surface area contributed by atoms with Crippen LogP contribution in [0.25, 0.3) is 0 Å². The van der Waals surface area contributed by atoms with Crippen molar-refractivity contribution in [3.63, 3.8) is 0 Å². The van der Waals surface area contributed by atoms with Gasteiger partial charge in [-0.3, -0.25) is 9.59 Å². The lowest BCUT2D eigenvalue weighted by Crippen LogP contribution is -2.47. The Morgan fingerprint density at radius 3 is 2.18 bits per heavy atom. The lowest BCUT2D eigenvalue weighted by Gasteiger charge is -2.35. The standard InChI is InChI=1S/C39H50N2O8S2/c1-5-8-19-39(20-9-6-2)23-30(26-13-11-10-12-14-26)29-21-33(50-4)32(22-34(29)51(47,48)25-39)49-24-35(43)41-36(27-15-17-28(42)18-16-27)37(44)40-31(7-3)38(45)46/h10-18,21-22,30-31,36,42H,5-9,19-20,23-25H2,1-4H3,(H,40,44)(H,41,43)(H,45,46)/t30?,31-,36+/m0/s1. The number of carbonyl (C=O) groups excluding carboxylic acids is 2. The molecule has 0 aromatic heterocycles. The van der Waals surface area contributed by atoms with Gasteiger partial charge in [-0.05, 0) is 72.2 Å². The van der Waals surface area contributed by atoms with Gasteiger partial charge in [-0.1, -0.05) is 88.9 Å². The molecule has 4 N–H and O–H groups in total. The number of carboxylic acid groups (broad SMARTS) is 1. The van der Waals surface area contributed by atoms with Gasteiger partial charge in [0.15, 0.2) is 16.4 Å². The average molecular weight is 739 g/mol. The molecule has 0 saturated carbocycles. The molecule has 2 amide bonds. The first-order valence-electron chi connectivity index (χ1n) is 17.6. The Balaban J connectivity index is 1.68. The number of ether oxygens (including phenoxy) is 1. The van der Waals surface area contributed by atoms with E-state index in [2.05, 4.69) is 36.6 Å². The molecule has 1 aliphatic heterocycles. The van der Waals surface area contributed by atoms with E-state index in [-0.39, 0.29) is 34.5 Å². The average Bonchev–Trinajstić information content (AvgIpc) is 3.21. The van der Waals surface area contributed by atoms with Gasteiger partial charge in [-0.2, -0.15) is 0 Å². The van der Waals surface area contributed by atoms with E-state index in [9.17, 15) is 33.0 Å². The van der Waals surface area contributed by atoms with Crippen molar-refractivity contribution < 1.29 is 37.8 Å². The summed E-state index contributed by atoms with van der Waals surface area (Å²) in [5, 5.41) is 24.3. The molecule has 0 aliphatic carbocycles. The van der Waals surface area contributed by atoms with Crippen LogP contribution in [-0.2, 0) is 24.2 Å². The van der Waals surface area contributed by atoms with E-state index in [0.29, 0.717) is 16.9 Å². The number of nitrogens with one attached hydrogen (secondary N) is 2. The summed E-state index contributed by atoms with van der Waals surface area (Å²) < 4.78 is 34.9. The van der Waals surface area contributed by atoms with E-state index < -0.39 is 51.7 Å². The molecule has 0 bridgehead atoms. The second kappa shape index (κ2) is 17.9. The lowest BCUT2D eigenvalue weighted by molar-refractivity contribution is -0.142. The van der Waals surface area contributed by atoms with Gasteiger partial charge in [0.25, 0.3) is 5.91 Å². The number of amides is 2. The van der Waals surface area contributed by atoms with Crippen LogP contribution in [0.2, 0.25) is 0 Å². The normalized spacial score (nSPS) is 17.3. The van der Waals surface area contributed by atoms with Crippen LogP contribution in [0.15, 0.2) is 76.5 Å². The Kier molecular flexibility index (Phi) is 14.0. The van der Waals surface area contributed by atoms with E-state index >= 15 is 0 Å². The minimum Gasteiger partial charge on any atom is -0.508 e. The van der Waals surface area contributed by atoms with Crippen molar-refractivity contribution in [1.29, 1.82) is 0 Å². The quantitative estimate of drug-likeness (QED) is 0.107. The maximum absolute atomic E-state index is 14.4. The molecule has 0 spiro atoms. The highest BCUT2D eigenvalue weighted by Gasteiger charge is 2.43. The molecule has 276 valence electrons. The highest BCUT2D eigenvalue weighted by atomic mass is 32.2. The zero-order chi connectivity index (χ0) is 37.2. The highest BCUT2D eigenvalue weighted by Crippen LogP contribution is 2.51. The molecule has 1 aliphatic rings. The van der Waals surface area contributed by atoms with Crippen molar-refractivity contribution >= 4 is 39.4 Å². The van der Waals surface area contributed by atoms with Gasteiger partial charge in [0.2, 0.25) is 5.91 Å². The Hall–Kier alpha value is -4.03. The molecular formula is C39H50N2O8S2. The predicted octanol–water partition coefficient (Wildman–Crippen LogP) is 7.01. The number of fused-ring (bicyclic) bond motifs is 1. The van der Waals surface area contributed by atoms with E-state index in [0.717, 1.165) is 49.7 Å². The number of phenolic OH excluding ortho intramolecular Hbond substituents is 1. The molecule has 0 saturated heterocycles. The summed E-state index contributed by atoms with van der Waals surface area (Å²) in [7, 11) is -3.78. The van der Waals surface area contributed by atoms with Gasteiger partial charge in [-0.25, -0.2) is 13.2 Å². The van der Waals surface area contributed by atoms with E-state index in [1.54, 1.807) is 13.0 Å². The van der Waals surface area contributed by atoms with Gasteiger partial charge in [-0.15, -0.1) is 11.8 Å².